The Labute approximate surface area is 140 Å². The van der Waals surface area contributed by atoms with Crippen LogP contribution in [-0.4, -0.2) is 13.3 Å². The first-order chi connectivity index (χ1) is 10.9. The Morgan fingerprint density at radius 2 is 1.91 bits per heavy atom. The molecule has 2 aromatic carbocycles. The highest BCUT2D eigenvalue weighted by atomic mass is 79.9. The van der Waals surface area contributed by atoms with Crippen LogP contribution in [0.2, 0.25) is 0 Å². The second kappa shape index (κ2) is 7.41. The molecule has 0 aliphatic heterocycles. The molecule has 2 rings (SSSR count). The predicted octanol–water partition coefficient (Wildman–Crippen LogP) is 4.76. The lowest BCUT2D eigenvalue weighted by atomic mass is 10.2. The number of hydrogen-bond donors (Lipinski definition) is 0. The first-order valence-electron chi connectivity index (χ1n) is 6.54. The van der Waals surface area contributed by atoms with Crippen LogP contribution in [0.4, 0.5) is 13.6 Å². The number of halogens is 3. The van der Waals surface area contributed by atoms with E-state index in [1.165, 1.54) is 30.3 Å². The minimum Gasteiger partial charge on any atom is -0.487 e. The van der Waals surface area contributed by atoms with Crippen LogP contribution in [0.3, 0.4) is 0 Å². The quantitative estimate of drug-likeness (QED) is 0.561. The fraction of sp³-hybridized carbons (Fsp3) is 0.188. The Morgan fingerprint density at radius 3 is 2.61 bits per heavy atom. The monoisotopic (exact) mass is 386 g/mol. The van der Waals surface area contributed by atoms with Crippen LogP contribution < -0.4 is 9.47 Å². The zero-order valence-electron chi connectivity index (χ0n) is 12.4. The number of ether oxygens (including phenoxy) is 3. The summed E-state index contributed by atoms with van der Waals surface area (Å²) in [5.74, 6) is -0.644. The number of rotatable bonds is 4. The molecule has 7 heteroatoms. The molecule has 0 N–H and O–H groups in total. The van der Waals surface area contributed by atoms with Gasteiger partial charge in [0.1, 0.15) is 29.7 Å². The molecule has 0 saturated heterocycles. The SMILES string of the molecule is COC(=O)Oc1cccc(F)c1COc1cc(C)c(F)cc1Br. The second-order valence-electron chi connectivity index (χ2n) is 4.59. The molecule has 23 heavy (non-hydrogen) atoms. The maximum Gasteiger partial charge on any atom is 0.513 e. The summed E-state index contributed by atoms with van der Waals surface area (Å²) in [4.78, 5) is 11.2. The third kappa shape index (κ3) is 4.19. The van der Waals surface area contributed by atoms with Crippen molar-refractivity contribution in [2.24, 2.45) is 0 Å². The average molecular weight is 387 g/mol. The summed E-state index contributed by atoms with van der Waals surface area (Å²) in [7, 11) is 1.15. The lowest BCUT2D eigenvalue weighted by molar-refractivity contribution is 0.120. The Morgan fingerprint density at radius 1 is 1.17 bits per heavy atom. The van der Waals surface area contributed by atoms with Gasteiger partial charge in [0.25, 0.3) is 0 Å². The highest BCUT2D eigenvalue weighted by Gasteiger charge is 2.15. The van der Waals surface area contributed by atoms with E-state index in [1.54, 1.807) is 6.92 Å². The Balaban J connectivity index is 2.23. The lowest BCUT2D eigenvalue weighted by Crippen LogP contribution is -2.11. The van der Waals surface area contributed by atoms with Gasteiger partial charge in [-0.05, 0) is 52.7 Å². The van der Waals surface area contributed by atoms with Gasteiger partial charge in [-0.25, -0.2) is 13.6 Å². The summed E-state index contributed by atoms with van der Waals surface area (Å²) in [5.41, 5.74) is 0.439. The molecule has 0 atom stereocenters. The summed E-state index contributed by atoms with van der Waals surface area (Å²) in [6, 6.07) is 6.78. The summed E-state index contributed by atoms with van der Waals surface area (Å²) in [5, 5.41) is 0. The smallest absolute Gasteiger partial charge is 0.487 e. The van der Waals surface area contributed by atoms with E-state index in [0.29, 0.717) is 15.8 Å². The van der Waals surface area contributed by atoms with Crippen LogP contribution in [0.15, 0.2) is 34.8 Å². The number of benzene rings is 2. The number of aryl methyl sites for hydroxylation is 1. The zero-order chi connectivity index (χ0) is 17.0. The van der Waals surface area contributed by atoms with Crippen molar-refractivity contribution in [1.82, 2.24) is 0 Å². The average Bonchev–Trinajstić information content (AvgIpc) is 2.51. The van der Waals surface area contributed by atoms with Crippen LogP contribution in [-0.2, 0) is 11.3 Å². The summed E-state index contributed by atoms with van der Waals surface area (Å²) in [6.07, 6.45) is -0.962. The number of carbonyl (C=O) groups is 1. The molecular formula is C16H13BrF2O4. The first kappa shape index (κ1) is 17.2. The molecule has 2 aromatic rings. The molecule has 0 bridgehead atoms. The van der Waals surface area contributed by atoms with E-state index in [4.69, 9.17) is 9.47 Å². The van der Waals surface area contributed by atoms with Crippen molar-refractivity contribution in [2.75, 3.05) is 7.11 Å². The normalized spacial score (nSPS) is 10.3. The van der Waals surface area contributed by atoms with Crippen molar-refractivity contribution in [2.45, 2.75) is 13.5 Å². The summed E-state index contributed by atoms with van der Waals surface area (Å²) in [6.45, 7) is 1.38. The maximum absolute atomic E-state index is 14.0. The molecule has 0 amide bonds. The summed E-state index contributed by atoms with van der Waals surface area (Å²) < 4.78 is 42.6. The minimum atomic E-state index is -0.962. The molecule has 0 aliphatic rings. The molecule has 0 radical (unpaired) electrons. The van der Waals surface area contributed by atoms with Crippen molar-refractivity contribution in [3.63, 3.8) is 0 Å². The van der Waals surface area contributed by atoms with Crippen molar-refractivity contribution in [3.05, 3.63) is 57.6 Å². The van der Waals surface area contributed by atoms with Crippen LogP contribution in [0.5, 0.6) is 11.5 Å². The van der Waals surface area contributed by atoms with Gasteiger partial charge in [0, 0.05) is 0 Å². The third-order valence-electron chi connectivity index (χ3n) is 3.02. The van der Waals surface area contributed by atoms with E-state index < -0.39 is 12.0 Å². The molecule has 0 aromatic heterocycles. The fourth-order valence-corrected chi connectivity index (χ4v) is 2.23. The standard InChI is InChI=1S/C16H13BrF2O4/c1-9-6-15(11(17)7-13(9)19)22-8-10-12(18)4-3-5-14(10)23-16(20)21-2/h3-7H,8H2,1-2H3. The van der Waals surface area contributed by atoms with Gasteiger partial charge in [0.2, 0.25) is 0 Å². The van der Waals surface area contributed by atoms with Gasteiger partial charge in [0.15, 0.2) is 0 Å². The highest BCUT2D eigenvalue weighted by Crippen LogP contribution is 2.30. The van der Waals surface area contributed by atoms with E-state index in [2.05, 4.69) is 20.7 Å². The van der Waals surface area contributed by atoms with Gasteiger partial charge in [-0.2, -0.15) is 0 Å². The number of hydrogen-bond acceptors (Lipinski definition) is 4. The summed E-state index contributed by atoms with van der Waals surface area (Å²) >= 11 is 3.18. The minimum absolute atomic E-state index is 0.00759. The molecule has 0 spiro atoms. The van der Waals surface area contributed by atoms with Gasteiger partial charge in [0.05, 0.1) is 17.1 Å². The molecule has 0 aliphatic carbocycles. The van der Waals surface area contributed by atoms with Gasteiger partial charge in [-0.15, -0.1) is 0 Å². The van der Waals surface area contributed by atoms with Crippen molar-refractivity contribution >= 4 is 22.1 Å². The molecule has 0 fully saturated rings. The van der Waals surface area contributed by atoms with Crippen molar-refractivity contribution in [1.29, 1.82) is 0 Å². The number of carbonyl (C=O) groups excluding carboxylic acids is 1. The van der Waals surface area contributed by atoms with E-state index >= 15 is 0 Å². The topological polar surface area (TPSA) is 44.8 Å². The highest BCUT2D eigenvalue weighted by molar-refractivity contribution is 9.10. The lowest BCUT2D eigenvalue weighted by Gasteiger charge is -2.13. The van der Waals surface area contributed by atoms with Gasteiger partial charge < -0.3 is 14.2 Å². The second-order valence-corrected chi connectivity index (χ2v) is 5.45. The molecule has 0 unspecified atom stereocenters. The van der Waals surface area contributed by atoms with E-state index in [9.17, 15) is 13.6 Å². The van der Waals surface area contributed by atoms with Crippen LogP contribution in [0, 0.1) is 18.6 Å². The van der Waals surface area contributed by atoms with Crippen molar-refractivity contribution < 1.29 is 27.8 Å². The molecule has 122 valence electrons. The molecule has 4 nitrogen and oxygen atoms in total. The Bertz CT molecular complexity index is 734. The van der Waals surface area contributed by atoms with Crippen LogP contribution in [0.25, 0.3) is 0 Å². The maximum atomic E-state index is 14.0. The molecule has 0 heterocycles. The Hall–Kier alpha value is -2.15. The van der Waals surface area contributed by atoms with E-state index in [0.717, 1.165) is 7.11 Å². The van der Waals surface area contributed by atoms with Crippen LogP contribution in [0.1, 0.15) is 11.1 Å². The molecular weight excluding hydrogens is 374 g/mol. The molecule has 0 saturated carbocycles. The first-order valence-corrected chi connectivity index (χ1v) is 7.33. The zero-order valence-corrected chi connectivity index (χ0v) is 13.9. The number of methoxy groups -OCH3 is 1. The largest absolute Gasteiger partial charge is 0.513 e. The fourth-order valence-electron chi connectivity index (χ4n) is 1.80. The van der Waals surface area contributed by atoms with Gasteiger partial charge in [-0.1, -0.05) is 6.07 Å². The Kier molecular flexibility index (Phi) is 5.54. The van der Waals surface area contributed by atoms with Gasteiger partial charge in [-0.3, -0.25) is 0 Å². The van der Waals surface area contributed by atoms with Crippen LogP contribution >= 0.6 is 15.9 Å². The van der Waals surface area contributed by atoms with Gasteiger partial charge >= 0.3 is 6.16 Å². The third-order valence-corrected chi connectivity index (χ3v) is 3.64. The predicted molar refractivity (Wildman–Crippen MR) is 82.6 cm³/mol. The van der Waals surface area contributed by atoms with E-state index in [-0.39, 0.29) is 23.7 Å². The van der Waals surface area contributed by atoms with Crippen molar-refractivity contribution in [3.8, 4) is 11.5 Å². The van der Waals surface area contributed by atoms with E-state index in [1.807, 2.05) is 0 Å².